The van der Waals surface area contributed by atoms with Gasteiger partial charge in [0.15, 0.2) is 0 Å². The number of anilines is 1. The molecule has 1 amide bonds. The summed E-state index contributed by atoms with van der Waals surface area (Å²) in [7, 11) is 0. The molecule has 5 heteroatoms. The zero-order valence-corrected chi connectivity index (χ0v) is 16.8. The number of amides is 1. The quantitative estimate of drug-likeness (QED) is 0.369. The van der Waals surface area contributed by atoms with Gasteiger partial charge in [0.25, 0.3) is 5.91 Å². The third-order valence-corrected chi connectivity index (χ3v) is 5.27. The molecule has 0 aliphatic carbocycles. The number of fused-ring (bicyclic) bond motifs is 1. The van der Waals surface area contributed by atoms with E-state index in [1.807, 2.05) is 43.3 Å². The smallest absolute Gasteiger partial charge is 0.255 e. The number of nitrogens with one attached hydrogen (secondary N) is 1. The van der Waals surface area contributed by atoms with Crippen LogP contribution in [0.25, 0.3) is 10.2 Å². The number of thiazole rings is 1. The standard InChI is InChI=1S/C23H24N2O2S/c1-3-4-5-6-7-8-14-27-20-11-9-10-19(16-20)25-23(26)18-12-13-21-22(15-18)28-17(2)24-21/h1,9-13,15-16H,4-8,14H2,2H3,(H,25,26). The largest absolute Gasteiger partial charge is 0.494 e. The van der Waals surface area contributed by atoms with Crippen molar-refractivity contribution < 1.29 is 9.53 Å². The van der Waals surface area contributed by atoms with Gasteiger partial charge < -0.3 is 10.1 Å². The molecule has 1 N–H and O–H groups in total. The molecule has 28 heavy (non-hydrogen) atoms. The summed E-state index contributed by atoms with van der Waals surface area (Å²) in [5.74, 6) is 3.28. The molecule has 0 saturated heterocycles. The van der Waals surface area contributed by atoms with Crippen LogP contribution in [-0.2, 0) is 0 Å². The highest BCUT2D eigenvalue weighted by atomic mass is 32.1. The van der Waals surface area contributed by atoms with Gasteiger partial charge in [-0.15, -0.1) is 23.7 Å². The van der Waals surface area contributed by atoms with Crippen molar-refractivity contribution in [3.05, 3.63) is 53.0 Å². The Hall–Kier alpha value is -2.84. The van der Waals surface area contributed by atoms with Gasteiger partial charge >= 0.3 is 0 Å². The van der Waals surface area contributed by atoms with E-state index in [0.717, 1.165) is 58.8 Å². The van der Waals surface area contributed by atoms with Crippen molar-refractivity contribution in [2.24, 2.45) is 0 Å². The maximum absolute atomic E-state index is 12.6. The monoisotopic (exact) mass is 392 g/mol. The molecule has 0 radical (unpaired) electrons. The lowest BCUT2D eigenvalue weighted by Crippen LogP contribution is -2.11. The van der Waals surface area contributed by atoms with Crippen LogP contribution < -0.4 is 10.1 Å². The van der Waals surface area contributed by atoms with Crippen molar-refractivity contribution in [2.45, 2.75) is 39.0 Å². The van der Waals surface area contributed by atoms with Gasteiger partial charge in [-0.1, -0.05) is 18.9 Å². The molecule has 0 bridgehead atoms. The number of aryl methyl sites for hydroxylation is 1. The number of ether oxygens (including phenoxy) is 1. The number of hydrogen-bond acceptors (Lipinski definition) is 4. The van der Waals surface area contributed by atoms with Crippen LogP contribution in [0, 0.1) is 19.3 Å². The average molecular weight is 393 g/mol. The third-order valence-electron chi connectivity index (χ3n) is 4.33. The van der Waals surface area contributed by atoms with Gasteiger partial charge in [-0.05, 0) is 50.1 Å². The van der Waals surface area contributed by atoms with Crippen molar-refractivity contribution in [1.82, 2.24) is 4.98 Å². The first kappa shape index (κ1) is 19.9. The van der Waals surface area contributed by atoms with Gasteiger partial charge in [-0.25, -0.2) is 4.98 Å². The lowest BCUT2D eigenvalue weighted by molar-refractivity contribution is 0.102. The molecule has 0 fully saturated rings. The van der Waals surface area contributed by atoms with Crippen molar-refractivity contribution in [3.63, 3.8) is 0 Å². The molecule has 1 aromatic heterocycles. The van der Waals surface area contributed by atoms with E-state index >= 15 is 0 Å². The number of carbonyl (C=O) groups excluding carboxylic acids is 1. The van der Waals surface area contributed by atoms with E-state index in [1.165, 1.54) is 0 Å². The Kier molecular flexibility index (Phi) is 7.05. The zero-order chi connectivity index (χ0) is 19.8. The molecule has 3 aromatic rings. The number of carbonyl (C=O) groups is 1. The van der Waals surface area contributed by atoms with Crippen LogP contribution in [0.1, 0.15) is 47.5 Å². The molecule has 1 heterocycles. The molecule has 0 aliphatic heterocycles. The van der Waals surface area contributed by atoms with Crippen LogP contribution in [0.5, 0.6) is 5.75 Å². The van der Waals surface area contributed by atoms with E-state index in [1.54, 1.807) is 17.4 Å². The zero-order valence-electron chi connectivity index (χ0n) is 16.0. The molecular formula is C23H24N2O2S. The lowest BCUT2D eigenvalue weighted by Gasteiger charge is -2.09. The number of rotatable bonds is 9. The minimum atomic E-state index is -0.140. The topological polar surface area (TPSA) is 51.2 Å². The molecule has 0 atom stereocenters. The van der Waals surface area contributed by atoms with Gasteiger partial charge in [0.05, 0.1) is 21.8 Å². The summed E-state index contributed by atoms with van der Waals surface area (Å²) in [6.07, 6.45) is 10.4. The Morgan fingerprint density at radius 1 is 1.18 bits per heavy atom. The van der Waals surface area contributed by atoms with Gasteiger partial charge in [0.1, 0.15) is 5.75 Å². The number of hydrogen-bond donors (Lipinski definition) is 1. The highest BCUT2D eigenvalue weighted by Crippen LogP contribution is 2.24. The Bertz CT molecular complexity index is 988. The van der Waals surface area contributed by atoms with Crippen LogP contribution in [-0.4, -0.2) is 17.5 Å². The molecule has 2 aromatic carbocycles. The number of unbranched alkanes of at least 4 members (excludes halogenated alkanes) is 4. The normalized spacial score (nSPS) is 10.6. The number of nitrogens with zero attached hydrogens (tertiary/aromatic N) is 1. The van der Waals surface area contributed by atoms with Crippen LogP contribution in [0.15, 0.2) is 42.5 Å². The fraction of sp³-hybridized carbons (Fsp3) is 0.304. The van der Waals surface area contributed by atoms with Gasteiger partial charge in [-0.2, -0.15) is 0 Å². The molecule has 0 unspecified atom stereocenters. The van der Waals surface area contributed by atoms with E-state index in [-0.39, 0.29) is 5.91 Å². The molecular weight excluding hydrogens is 368 g/mol. The number of terminal acetylenes is 1. The van der Waals surface area contributed by atoms with Gasteiger partial charge in [0.2, 0.25) is 0 Å². The second-order valence-corrected chi connectivity index (χ2v) is 7.85. The minimum absolute atomic E-state index is 0.140. The summed E-state index contributed by atoms with van der Waals surface area (Å²) in [6, 6.07) is 13.1. The number of benzene rings is 2. The van der Waals surface area contributed by atoms with Crippen LogP contribution in [0.2, 0.25) is 0 Å². The highest BCUT2D eigenvalue weighted by molar-refractivity contribution is 7.18. The Labute approximate surface area is 170 Å². The SMILES string of the molecule is C#CCCCCCCOc1cccc(NC(=O)c2ccc3nc(C)sc3c2)c1. The fourth-order valence-corrected chi connectivity index (χ4v) is 3.79. The Morgan fingerprint density at radius 2 is 2.04 bits per heavy atom. The summed E-state index contributed by atoms with van der Waals surface area (Å²) < 4.78 is 6.82. The number of aromatic nitrogens is 1. The van der Waals surface area contributed by atoms with E-state index < -0.39 is 0 Å². The fourth-order valence-electron chi connectivity index (χ4n) is 2.92. The third kappa shape index (κ3) is 5.58. The summed E-state index contributed by atoms with van der Waals surface area (Å²) >= 11 is 1.59. The first-order valence-corrected chi connectivity index (χ1v) is 10.3. The first-order valence-electron chi connectivity index (χ1n) is 9.50. The molecule has 0 spiro atoms. The predicted molar refractivity (Wildman–Crippen MR) is 116 cm³/mol. The van der Waals surface area contributed by atoms with Crippen molar-refractivity contribution in [2.75, 3.05) is 11.9 Å². The Morgan fingerprint density at radius 3 is 2.89 bits per heavy atom. The predicted octanol–water partition coefficient (Wildman–Crippen LogP) is 5.82. The van der Waals surface area contributed by atoms with E-state index in [2.05, 4.69) is 16.2 Å². The molecule has 0 saturated carbocycles. The molecule has 0 aliphatic rings. The van der Waals surface area contributed by atoms with Crippen molar-refractivity contribution in [3.8, 4) is 18.1 Å². The second-order valence-electron chi connectivity index (χ2n) is 6.61. The summed E-state index contributed by atoms with van der Waals surface area (Å²) in [6.45, 7) is 2.63. The van der Waals surface area contributed by atoms with Crippen LogP contribution in [0.3, 0.4) is 0 Å². The maximum atomic E-state index is 12.6. The lowest BCUT2D eigenvalue weighted by atomic mass is 10.1. The second kappa shape index (κ2) is 9.91. The van der Waals surface area contributed by atoms with Crippen molar-refractivity contribution >= 4 is 33.1 Å². The van der Waals surface area contributed by atoms with E-state index in [4.69, 9.17) is 11.2 Å². The van der Waals surface area contributed by atoms with E-state index in [0.29, 0.717) is 12.2 Å². The average Bonchev–Trinajstić information content (AvgIpc) is 3.06. The van der Waals surface area contributed by atoms with Gasteiger partial charge in [-0.3, -0.25) is 4.79 Å². The highest BCUT2D eigenvalue weighted by Gasteiger charge is 2.09. The van der Waals surface area contributed by atoms with Crippen LogP contribution in [0.4, 0.5) is 5.69 Å². The van der Waals surface area contributed by atoms with Gasteiger partial charge in [0, 0.05) is 23.7 Å². The minimum Gasteiger partial charge on any atom is -0.494 e. The maximum Gasteiger partial charge on any atom is 0.255 e. The Balaban J connectivity index is 1.53. The summed E-state index contributed by atoms with van der Waals surface area (Å²) in [4.78, 5) is 17.0. The molecule has 3 rings (SSSR count). The van der Waals surface area contributed by atoms with Crippen molar-refractivity contribution in [1.29, 1.82) is 0 Å². The molecule has 144 valence electrons. The van der Waals surface area contributed by atoms with E-state index in [9.17, 15) is 4.79 Å². The first-order chi connectivity index (χ1) is 13.7. The van der Waals surface area contributed by atoms with Crippen LogP contribution >= 0.6 is 11.3 Å². The molecule has 4 nitrogen and oxygen atoms in total. The summed E-state index contributed by atoms with van der Waals surface area (Å²) in [5, 5.41) is 3.94. The summed E-state index contributed by atoms with van der Waals surface area (Å²) in [5.41, 5.74) is 2.26.